The second kappa shape index (κ2) is 13.8. The number of ketones is 2. The lowest BCUT2D eigenvalue weighted by molar-refractivity contribution is 0.103. The molecule has 2 nitrogen and oxygen atoms in total. The van der Waals surface area contributed by atoms with Crippen LogP contribution in [0.2, 0.25) is 0 Å². The summed E-state index contributed by atoms with van der Waals surface area (Å²) in [4.78, 5) is 29.1. The average molecular weight is 707 g/mol. The van der Waals surface area contributed by atoms with Crippen molar-refractivity contribution in [2.45, 2.75) is 19.3 Å². The molecule has 2 heteroatoms. The van der Waals surface area contributed by atoms with E-state index in [0.29, 0.717) is 22.3 Å². The molecule has 0 atom stereocenters. The third-order valence-corrected chi connectivity index (χ3v) is 11.0. The van der Waals surface area contributed by atoms with Crippen LogP contribution in [0.25, 0.3) is 33.4 Å². The van der Waals surface area contributed by atoms with E-state index in [1.54, 1.807) is 6.07 Å². The van der Waals surface area contributed by atoms with Gasteiger partial charge in [0.25, 0.3) is 0 Å². The Labute approximate surface area is 322 Å². The topological polar surface area (TPSA) is 34.1 Å². The van der Waals surface area contributed by atoms with Gasteiger partial charge >= 0.3 is 0 Å². The van der Waals surface area contributed by atoms with Crippen molar-refractivity contribution in [2.24, 2.45) is 0 Å². The number of hydrogen-bond donors (Lipinski definition) is 0. The fraction of sp³-hybridized carbons (Fsp3) is 0.0566. The number of carbonyl (C=O) groups is 2. The molecular formula is C53H38O2. The first kappa shape index (κ1) is 33.9. The summed E-state index contributed by atoms with van der Waals surface area (Å²) in [5.41, 5.74) is 14.3. The molecule has 8 aromatic rings. The first-order valence-electron chi connectivity index (χ1n) is 18.7. The molecule has 0 radical (unpaired) electrons. The van der Waals surface area contributed by atoms with Crippen LogP contribution in [0.1, 0.15) is 65.2 Å². The fourth-order valence-electron chi connectivity index (χ4n) is 8.40. The zero-order valence-electron chi connectivity index (χ0n) is 30.8. The molecule has 1 aliphatic rings. The number of rotatable bonds is 8. The van der Waals surface area contributed by atoms with Crippen LogP contribution in [0.15, 0.2) is 194 Å². The maximum atomic E-state index is 14.5. The molecule has 55 heavy (non-hydrogen) atoms. The van der Waals surface area contributed by atoms with E-state index in [0.717, 1.165) is 66.8 Å². The molecule has 262 valence electrons. The van der Waals surface area contributed by atoms with Crippen molar-refractivity contribution in [1.82, 2.24) is 0 Å². The highest BCUT2D eigenvalue weighted by atomic mass is 16.1. The predicted octanol–water partition coefficient (Wildman–Crippen LogP) is 12.5. The molecule has 0 amide bonds. The highest BCUT2D eigenvalue weighted by Crippen LogP contribution is 2.57. The van der Waals surface area contributed by atoms with Gasteiger partial charge in [-0.05, 0) is 106 Å². The number of carbonyl (C=O) groups excluding carboxylic acids is 2. The van der Waals surface area contributed by atoms with Gasteiger partial charge in [-0.2, -0.15) is 0 Å². The van der Waals surface area contributed by atoms with Crippen LogP contribution in [-0.4, -0.2) is 11.6 Å². The Kier molecular flexibility index (Phi) is 8.52. The Balaban J connectivity index is 1.43. The smallest absolute Gasteiger partial charge is 0.193 e. The molecular weight excluding hydrogens is 669 g/mol. The van der Waals surface area contributed by atoms with Crippen molar-refractivity contribution < 1.29 is 9.59 Å². The third-order valence-electron chi connectivity index (χ3n) is 11.0. The molecule has 9 rings (SSSR count). The predicted molar refractivity (Wildman–Crippen MR) is 224 cm³/mol. The molecule has 0 bridgehead atoms. The van der Waals surface area contributed by atoms with E-state index >= 15 is 0 Å². The van der Waals surface area contributed by atoms with E-state index in [1.807, 2.05) is 84.9 Å². The van der Waals surface area contributed by atoms with Crippen molar-refractivity contribution in [3.8, 4) is 33.4 Å². The van der Waals surface area contributed by atoms with Crippen molar-refractivity contribution in [3.63, 3.8) is 0 Å². The summed E-state index contributed by atoms with van der Waals surface area (Å²) < 4.78 is 0. The van der Waals surface area contributed by atoms with Gasteiger partial charge in [0, 0.05) is 22.3 Å². The van der Waals surface area contributed by atoms with Crippen LogP contribution in [0.5, 0.6) is 0 Å². The van der Waals surface area contributed by atoms with E-state index in [4.69, 9.17) is 0 Å². The monoisotopic (exact) mass is 706 g/mol. The minimum atomic E-state index is -0.893. The van der Waals surface area contributed by atoms with Gasteiger partial charge in [-0.1, -0.05) is 169 Å². The lowest BCUT2D eigenvalue weighted by Gasteiger charge is -2.35. The van der Waals surface area contributed by atoms with Crippen LogP contribution in [0, 0.1) is 13.8 Å². The summed E-state index contributed by atoms with van der Waals surface area (Å²) in [6, 6.07) is 65.9. The third kappa shape index (κ3) is 5.93. The average Bonchev–Trinajstić information content (AvgIpc) is 3.53. The van der Waals surface area contributed by atoms with E-state index in [1.165, 1.54) is 0 Å². The first-order valence-corrected chi connectivity index (χ1v) is 18.7. The van der Waals surface area contributed by atoms with Gasteiger partial charge in [0.2, 0.25) is 0 Å². The zero-order valence-corrected chi connectivity index (χ0v) is 30.8. The molecule has 0 saturated carbocycles. The van der Waals surface area contributed by atoms with Crippen molar-refractivity contribution in [1.29, 1.82) is 0 Å². The molecule has 0 spiro atoms. The van der Waals surface area contributed by atoms with Crippen LogP contribution in [0.4, 0.5) is 0 Å². The second-order valence-corrected chi connectivity index (χ2v) is 14.6. The van der Waals surface area contributed by atoms with Gasteiger partial charge in [-0.15, -0.1) is 0 Å². The quantitative estimate of drug-likeness (QED) is 0.147. The summed E-state index contributed by atoms with van der Waals surface area (Å²) in [5.74, 6) is -0.260. The summed E-state index contributed by atoms with van der Waals surface area (Å²) in [7, 11) is 0. The maximum absolute atomic E-state index is 14.5. The molecule has 0 N–H and O–H groups in total. The number of hydrogen-bond acceptors (Lipinski definition) is 2. The van der Waals surface area contributed by atoms with Crippen LogP contribution in [0.3, 0.4) is 0 Å². The van der Waals surface area contributed by atoms with Crippen LogP contribution >= 0.6 is 0 Å². The Bertz CT molecular complexity index is 2550. The minimum Gasteiger partial charge on any atom is -0.289 e. The van der Waals surface area contributed by atoms with Gasteiger partial charge in [0.1, 0.15) is 0 Å². The van der Waals surface area contributed by atoms with Crippen LogP contribution in [-0.2, 0) is 5.41 Å². The Morgan fingerprint density at radius 3 is 1.15 bits per heavy atom. The molecule has 0 fully saturated rings. The Hall–Kier alpha value is -6.90. The second-order valence-electron chi connectivity index (χ2n) is 14.6. The highest BCUT2D eigenvalue weighted by molar-refractivity contribution is 6.13. The van der Waals surface area contributed by atoms with Crippen LogP contribution < -0.4 is 0 Å². The molecule has 0 aromatic heterocycles. The van der Waals surface area contributed by atoms with Crippen molar-refractivity contribution in [2.75, 3.05) is 0 Å². The molecule has 0 heterocycles. The normalized spacial score (nSPS) is 12.5. The number of benzene rings is 8. The lowest BCUT2D eigenvalue weighted by Crippen LogP contribution is -2.30. The fourth-order valence-corrected chi connectivity index (χ4v) is 8.40. The van der Waals surface area contributed by atoms with E-state index < -0.39 is 5.41 Å². The molecule has 0 saturated heterocycles. The number of aryl methyl sites for hydroxylation is 2. The first-order chi connectivity index (χ1) is 26.9. The van der Waals surface area contributed by atoms with Crippen molar-refractivity contribution in [3.05, 3.63) is 250 Å². The van der Waals surface area contributed by atoms with Gasteiger partial charge < -0.3 is 0 Å². The summed E-state index contributed by atoms with van der Waals surface area (Å²) in [6.45, 7) is 4.27. The molecule has 1 aliphatic carbocycles. The van der Waals surface area contributed by atoms with Crippen molar-refractivity contribution >= 4 is 11.6 Å². The molecule has 0 aliphatic heterocycles. The van der Waals surface area contributed by atoms with E-state index in [-0.39, 0.29) is 11.6 Å². The largest absolute Gasteiger partial charge is 0.289 e. The maximum Gasteiger partial charge on any atom is 0.193 e. The lowest BCUT2D eigenvalue weighted by atomic mass is 9.65. The minimum absolute atomic E-state index is 0.130. The van der Waals surface area contributed by atoms with Gasteiger partial charge in [0.15, 0.2) is 11.6 Å². The highest BCUT2D eigenvalue weighted by Gasteiger charge is 2.47. The van der Waals surface area contributed by atoms with Gasteiger partial charge in [0.05, 0.1) is 5.41 Å². The Morgan fingerprint density at radius 1 is 0.345 bits per heavy atom. The van der Waals surface area contributed by atoms with Gasteiger partial charge in [-0.3, -0.25) is 9.59 Å². The molecule has 0 unspecified atom stereocenters. The summed E-state index contributed by atoms with van der Waals surface area (Å²) in [5, 5.41) is 0. The SMILES string of the molecule is Cc1ccc2c(c1)C(c1cc(C(=O)c3ccccc3)cc(C(=O)c3ccccc3)c1)(c1cc(-c3ccccc3)cc(-c3ccccc3)c1)c1cc(C)ccc1-2. The number of fused-ring (bicyclic) bond motifs is 3. The van der Waals surface area contributed by atoms with Gasteiger partial charge in [-0.25, -0.2) is 0 Å². The summed E-state index contributed by atoms with van der Waals surface area (Å²) in [6.07, 6.45) is 0. The zero-order chi connectivity index (χ0) is 37.5. The van der Waals surface area contributed by atoms with E-state index in [2.05, 4.69) is 117 Å². The molecule has 8 aromatic carbocycles. The Morgan fingerprint density at radius 2 is 0.727 bits per heavy atom. The summed E-state index contributed by atoms with van der Waals surface area (Å²) >= 11 is 0. The van der Waals surface area contributed by atoms with E-state index in [9.17, 15) is 9.59 Å². The standard InChI is InChI=1S/C53H38O2/c1-35-23-25-47-48-26-24-36(2)28-50(48)53(49(47)27-35,45-31-41(37-15-7-3-8-16-37)29-42(32-45)38-17-9-4-10-18-38)46-33-43(51(54)39-19-11-5-12-20-39)30-44(34-46)52(55)40-21-13-6-14-22-40/h3-34H,1-2H3.